The van der Waals surface area contributed by atoms with Gasteiger partial charge in [0.1, 0.15) is 12.6 Å². The van der Waals surface area contributed by atoms with Gasteiger partial charge in [-0.3, -0.25) is 43.4 Å². The second-order valence-electron chi connectivity index (χ2n) is 9.53. The number of likely N-dealkylation sites (tertiary alicyclic amines) is 2. The highest BCUT2D eigenvalue weighted by Gasteiger charge is 2.39. The fraction of sp³-hybridized carbons (Fsp3) is 0.654. The fourth-order valence-electron chi connectivity index (χ4n) is 4.23. The third-order valence-corrected chi connectivity index (χ3v) is 8.92. The number of hydrogen-bond donors (Lipinski definition) is 1. The summed E-state index contributed by atoms with van der Waals surface area (Å²) in [5.41, 5.74) is 0. The summed E-state index contributed by atoms with van der Waals surface area (Å²) in [4.78, 5) is 110. The first-order valence-corrected chi connectivity index (χ1v) is 15.5. The van der Waals surface area contributed by atoms with E-state index in [4.69, 9.17) is 0 Å². The Morgan fingerprint density at radius 3 is 2.02 bits per heavy atom. The number of carbonyl (C=O) groups excluding carboxylic acids is 9. The number of thioether (sulfide) groups is 2. The Balaban J connectivity index is 1.71. The van der Waals surface area contributed by atoms with E-state index in [0.29, 0.717) is 24.3 Å². The predicted octanol–water partition coefficient (Wildman–Crippen LogP) is -0.410. The summed E-state index contributed by atoms with van der Waals surface area (Å²) < 4.78 is 0. The number of Topliss-reactive ketones (excluding diaryl/α,β-unsaturated/α-hetero) is 1. The molecule has 2 saturated heterocycles. The van der Waals surface area contributed by atoms with Crippen molar-refractivity contribution in [3.05, 3.63) is 0 Å². The molecule has 0 aromatic carbocycles. The van der Waals surface area contributed by atoms with Crippen LogP contribution in [-0.2, 0) is 43.2 Å². The SMILES string of the molecule is CC(=O)N(CC(=O)CCCN1C(=O)CC(SCCCC=O)C1=O)CC(=O)NCCN1C(=O)CC(SCCC=O)C1=O. The molecule has 0 aliphatic carbocycles. The van der Waals surface area contributed by atoms with Crippen LogP contribution >= 0.6 is 23.5 Å². The van der Waals surface area contributed by atoms with Crippen LogP contribution in [0.1, 0.15) is 51.9 Å². The first-order chi connectivity index (χ1) is 19.6. The molecule has 13 nitrogen and oxygen atoms in total. The molecule has 41 heavy (non-hydrogen) atoms. The molecule has 0 spiro atoms. The largest absolute Gasteiger partial charge is 0.353 e. The Bertz CT molecular complexity index is 1040. The van der Waals surface area contributed by atoms with Crippen LogP contribution in [0.5, 0.6) is 0 Å². The zero-order valence-electron chi connectivity index (χ0n) is 23.0. The number of hydrogen-bond acceptors (Lipinski definition) is 11. The van der Waals surface area contributed by atoms with Crippen molar-refractivity contribution in [2.75, 3.05) is 44.2 Å². The molecule has 2 unspecified atom stereocenters. The van der Waals surface area contributed by atoms with Crippen LogP contribution in [0.25, 0.3) is 0 Å². The monoisotopic (exact) mass is 612 g/mol. The van der Waals surface area contributed by atoms with Crippen LogP contribution in [0, 0.1) is 0 Å². The third-order valence-electron chi connectivity index (χ3n) is 6.39. The number of carbonyl (C=O) groups is 9. The number of amides is 6. The lowest BCUT2D eigenvalue weighted by atomic mass is 10.2. The number of imide groups is 2. The van der Waals surface area contributed by atoms with E-state index in [1.165, 1.54) is 30.4 Å². The Hall–Kier alpha value is -3.07. The second-order valence-corrected chi connectivity index (χ2v) is 12.1. The number of rotatable bonds is 20. The standard InChI is InChI=1S/C26H36N4O9S2/c1-18(33)28(17-22(35)27-7-9-30-24(37)15-21(26(30)39)41-13-5-11-32)16-19(34)6-4-8-29-23(36)14-20(25(29)38)40-12-3-2-10-31/h10-11,20-21H,2-9,12-17H2,1H3,(H,27,35). The van der Waals surface area contributed by atoms with Crippen LogP contribution in [-0.4, -0.2) is 123 Å². The van der Waals surface area contributed by atoms with Gasteiger partial charge in [-0.05, 0) is 18.6 Å². The van der Waals surface area contributed by atoms with Crippen LogP contribution in [0.4, 0.5) is 0 Å². The molecule has 2 atom stereocenters. The van der Waals surface area contributed by atoms with E-state index in [1.807, 2.05) is 0 Å². The number of nitrogens with zero attached hydrogens (tertiary/aromatic N) is 3. The Morgan fingerprint density at radius 2 is 1.44 bits per heavy atom. The molecular formula is C26H36N4O9S2. The zero-order chi connectivity index (χ0) is 30.4. The minimum atomic E-state index is -0.561. The van der Waals surface area contributed by atoms with Gasteiger partial charge in [0.2, 0.25) is 35.4 Å². The lowest BCUT2D eigenvalue weighted by Gasteiger charge is -2.21. The van der Waals surface area contributed by atoms with E-state index < -0.39 is 22.3 Å². The van der Waals surface area contributed by atoms with Gasteiger partial charge in [0.25, 0.3) is 0 Å². The number of aldehydes is 2. The minimum absolute atomic E-state index is 0.00477. The summed E-state index contributed by atoms with van der Waals surface area (Å²) >= 11 is 2.59. The van der Waals surface area contributed by atoms with Gasteiger partial charge in [-0.15, -0.1) is 23.5 Å². The molecule has 0 radical (unpaired) electrons. The van der Waals surface area contributed by atoms with E-state index in [9.17, 15) is 43.2 Å². The quantitative estimate of drug-likeness (QED) is 0.107. The normalized spacial score (nSPS) is 18.7. The molecule has 0 saturated carbocycles. The van der Waals surface area contributed by atoms with Gasteiger partial charge in [0, 0.05) is 64.4 Å². The molecule has 2 fully saturated rings. The van der Waals surface area contributed by atoms with Crippen molar-refractivity contribution in [1.29, 1.82) is 0 Å². The highest BCUT2D eigenvalue weighted by molar-refractivity contribution is 8.00. The van der Waals surface area contributed by atoms with Crippen molar-refractivity contribution in [1.82, 2.24) is 20.0 Å². The highest BCUT2D eigenvalue weighted by atomic mass is 32.2. The lowest BCUT2D eigenvalue weighted by molar-refractivity contribution is -0.139. The fourth-order valence-corrected chi connectivity index (χ4v) is 6.42. The zero-order valence-corrected chi connectivity index (χ0v) is 24.7. The molecular weight excluding hydrogens is 576 g/mol. The molecule has 0 aromatic rings. The first-order valence-electron chi connectivity index (χ1n) is 13.4. The van der Waals surface area contributed by atoms with Gasteiger partial charge < -0.3 is 19.8 Å². The molecule has 226 valence electrons. The van der Waals surface area contributed by atoms with Gasteiger partial charge >= 0.3 is 0 Å². The highest BCUT2D eigenvalue weighted by Crippen LogP contribution is 2.26. The summed E-state index contributed by atoms with van der Waals surface area (Å²) in [5, 5.41) is 1.53. The van der Waals surface area contributed by atoms with Crippen LogP contribution in [0.15, 0.2) is 0 Å². The van der Waals surface area contributed by atoms with E-state index in [2.05, 4.69) is 5.32 Å². The smallest absolute Gasteiger partial charge is 0.242 e. The summed E-state index contributed by atoms with van der Waals surface area (Å²) in [5.74, 6) is -1.68. The average Bonchev–Trinajstić information content (AvgIpc) is 3.35. The lowest BCUT2D eigenvalue weighted by Crippen LogP contribution is -2.44. The maximum atomic E-state index is 12.5. The van der Waals surface area contributed by atoms with Crippen molar-refractivity contribution < 1.29 is 43.2 Å². The molecule has 1 N–H and O–H groups in total. The Morgan fingerprint density at radius 1 is 0.854 bits per heavy atom. The van der Waals surface area contributed by atoms with Crippen molar-refractivity contribution in [3.63, 3.8) is 0 Å². The molecule has 2 aliphatic rings. The first kappa shape index (κ1) is 34.1. The van der Waals surface area contributed by atoms with Gasteiger partial charge in [0.15, 0.2) is 5.78 Å². The van der Waals surface area contributed by atoms with Crippen LogP contribution in [0.2, 0.25) is 0 Å². The van der Waals surface area contributed by atoms with Crippen molar-refractivity contribution >= 4 is 77.3 Å². The molecule has 2 heterocycles. The Labute approximate surface area is 246 Å². The maximum Gasteiger partial charge on any atom is 0.242 e. The van der Waals surface area contributed by atoms with Gasteiger partial charge in [-0.25, -0.2) is 0 Å². The maximum absolute atomic E-state index is 12.5. The summed E-state index contributed by atoms with van der Waals surface area (Å²) in [6, 6.07) is 0. The summed E-state index contributed by atoms with van der Waals surface area (Å²) in [6.07, 6.45) is 3.23. The van der Waals surface area contributed by atoms with E-state index in [-0.39, 0.29) is 94.2 Å². The van der Waals surface area contributed by atoms with Gasteiger partial charge in [-0.2, -0.15) is 0 Å². The van der Waals surface area contributed by atoms with E-state index in [1.54, 1.807) is 0 Å². The molecule has 2 aliphatic heterocycles. The van der Waals surface area contributed by atoms with Gasteiger partial charge in [-0.1, -0.05) is 0 Å². The van der Waals surface area contributed by atoms with Gasteiger partial charge in [0.05, 0.1) is 23.6 Å². The molecule has 6 amide bonds. The second kappa shape index (κ2) is 17.7. The third kappa shape index (κ3) is 11.0. The summed E-state index contributed by atoms with van der Waals surface area (Å²) in [6.45, 7) is 0.551. The molecule has 15 heteroatoms. The topological polar surface area (TPSA) is 175 Å². The number of unbranched alkanes of at least 4 members (excludes halogenated alkanes) is 1. The molecule has 2 rings (SSSR count). The van der Waals surface area contributed by atoms with E-state index in [0.717, 1.165) is 27.3 Å². The molecule has 0 bridgehead atoms. The van der Waals surface area contributed by atoms with Crippen molar-refractivity contribution in [2.24, 2.45) is 0 Å². The van der Waals surface area contributed by atoms with Crippen LogP contribution in [0.3, 0.4) is 0 Å². The van der Waals surface area contributed by atoms with Crippen molar-refractivity contribution in [2.45, 2.75) is 62.4 Å². The van der Waals surface area contributed by atoms with Crippen molar-refractivity contribution in [3.8, 4) is 0 Å². The predicted molar refractivity (Wildman–Crippen MR) is 151 cm³/mol. The molecule has 0 aromatic heterocycles. The van der Waals surface area contributed by atoms with Crippen LogP contribution < -0.4 is 5.32 Å². The Kier molecular flexibility index (Phi) is 14.7. The van der Waals surface area contributed by atoms with E-state index >= 15 is 0 Å². The average molecular weight is 613 g/mol. The minimum Gasteiger partial charge on any atom is -0.353 e. The number of nitrogens with one attached hydrogen (secondary N) is 1. The number of ketones is 1. The summed E-state index contributed by atoms with van der Waals surface area (Å²) in [7, 11) is 0.